The Morgan fingerprint density at radius 2 is 0.808 bits per heavy atom. The molecule has 11 heterocycles. The van der Waals surface area contributed by atoms with Crippen molar-refractivity contribution >= 4 is 64.9 Å². The van der Waals surface area contributed by atoms with Crippen LogP contribution in [-0.2, 0) is 48.4 Å². The molecule has 5 aliphatic rings. The first-order valence-corrected chi connectivity index (χ1v) is 28.6. The second kappa shape index (κ2) is 27.8. The number of fused-ring (bicyclic) bond motifs is 3. The zero-order chi connectivity index (χ0) is 53.3. The van der Waals surface area contributed by atoms with E-state index in [1.54, 1.807) is 18.6 Å². The summed E-state index contributed by atoms with van der Waals surface area (Å²) in [5.41, 5.74) is 9.12. The maximum Gasteiger partial charge on any atom is 0.245 e. The number of para-hydroxylation sites is 3. The molecule has 6 aromatic heterocycles. The molecule has 14 rings (SSSR count). The highest BCUT2D eigenvalue weighted by Gasteiger charge is 2.27. The number of oxazole rings is 3. The lowest BCUT2D eigenvalue weighted by atomic mass is 10.1. The lowest BCUT2D eigenvalue weighted by Crippen LogP contribution is -2.38. The van der Waals surface area contributed by atoms with E-state index in [1.807, 2.05) is 84.9 Å². The van der Waals surface area contributed by atoms with Crippen LogP contribution >= 0.6 is 47.8 Å². The zero-order valence-electron chi connectivity index (χ0n) is 43.1. The number of morpholine rings is 2. The molecular formula is C59H60Br3N11O5. The third-order valence-electron chi connectivity index (χ3n) is 13.1. The van der Waals surface area contributed by atoms with E-state index in [4.69, 9.17) is 27.7 Å². The smallest absolute Gasteiger partial charge is 0.245 e. The van der Waals surface area contributed by atoms with E-state index in [1.165, 1.54) is 17.1 Å². The van der Waals surface area contributed by atoms with E-state index in [0.29, 0.717) is 17.7 Å². The average molecular weight is 1240 g/mol. The maximum atomic E-state index is 6.00. The largest absolute Gasteiger partial charge is 0.440 e. The minimum Gasteiger partial charge on any atom is -0.440 e. The summed E-state index contributed by atoms with van der Waals surface area (Å²) in [5.74, 6) is 4.81. The zero-order valence-corrected chi connectivity index (χ0v) is 47.8. The number of aromatic nitrogens is 6. The predicted molar refractivity (Wildman–Crippen MR) is 313 cm³/mol. The fourth-order valence-electron chi connectivity index (χ4n) is 9.20. The van der Waals surface area contributed by atoms with Gasteiger partial charge in [0.15, 0.2) is 0 Å². The SMILES string of the molecule is Brc1ccccc1Br.Brc1ccccc1N1CCc2oc(-c3ccccn3)nc2C1.C1COCCN1.c1ccc(-c2nc3c(o2)CCN(c2ccccc2N2CCOCC2)C3)nc1.c1ccc(-c2nc3c(o2)CCNC3)nc1. The molecule has 16 nitrogen and oxygen atoms in total. The molecule has 0 bridgehead atoms. The Hall–Kier alpha value is -6.58. The number of nitrogens with one attached hydrogen (secondary N) is 2. The van der Waals surface area contributed by atoms with Crippen LogP contribution in [0.5, 0.6) is 0 Å². The van der Waals surface area contributed by atoms with Gasteiger partial charge in [-0.3, -0.25) is 15.0 Å². The van der Waals surface area contributed by atoms with Gasteiger partial charge in [0.25, 0.3) is 0 Å². The number of pyridine rings is 3. The first-order valence-electron chi connectivity index (χ1n) is 26.2. The summed E-state index contributed by atoms with van der Waals surface area (Å²) in [7, 11) is 0. The number of rotatable bonds is 6. The second-order valence-electron chi connectivity index (χ2n) is 18.4. The van der Waals surface area contributed by atoms with Gasteiger partial charge < -0.3 is 48.1 Å². The highest BCUT2D eigenvalue weighted by atomic mass is 79.9. The Labute approximate surface area is 479 Å². The van der Waals surface area contributed by atoms with Crippen LogP contribution in [0.3, 0.4) is 0 Å². The van der Waals surface area contributed by atoms with E-state index in [-0.39, 0.29) is 0 Å². The van der Waals surface area contributed by atoms with Crippen LogP contribution in [0.15, 0.2) is 173 Å². The molecule has 0 aliphatic carbocycles. The first kappa shape index (κ1) is 54.8. The summed E-state index contributed by atoms with van der Waals surface area (Å²) in [5, 5.41) is 6.42. The number of halogens is 3. The van der Waals surface area contributed by atoms with Gasteiger partial charge in [-0.05, 0) is 121 Å². The average Bonchev–Trinajstić information content (AvgIpc) is 4.28. The van der Waals surface area contributed by atoms with Crippen molar-refractivity contribution < 1.29 is 22.7 Å². The maximum absolute atomic E-state index is 6.00. The third kappa shape index (κ3) is 14.6. The van der Waals surface area contributed by atoms with E-state index < -0.39 is 0 Å². The molecule has 402 valence electrons. The van der Waals surface area contributed by atoms with Gasteiger partial charge in [0, 0.05) is 104 Å². The highest BCUT2D eigenvalue weighted by molar-refractivity contribution is 9.13. The van der Waals surface area contributed by atoms with E-state index in [2.05, 4.69) is 141 Å². The van der Waals surface area contributed by atoms with Crippen molar-refractivity contribution in [2.75, 3.05) is 86.9 Å². The van der Waals surface area contributed by atoms with Crippen LogP contribution in [-0.4, -0.2) is 102 Å². The fourth-order valence-corrected chi connectivity index (χ4v) is 10.3. The Morgan fingerprint density at radius 3 is 1.24 bits per heavy atom. The molecular weight excluding hydrogens is 1180 g/mol. The lowest BCUT2D eigenvalue weighted by molar-refractivity contribution is 0.109. The lowest BCUT2D eigenvalue weighted by Gasteiger charge is -2.35. The number of ether oxygens (including phenoxy) is 2. The fraction of sp³-hybridized carbons (Fsp3) is 0.288. The van der Waals surface area contributed by atoms with Crippen molar-refractivity contribution in [3.63, 3.8) is 0 Å². The normalized spacial score (nSPS) is 15.5. The summed E-state index contributed by atoms with van der Waals surface area (Å²) >= 11 is 10.3. The predicted octanol–water partition coefficient (Wildman–Crippen LogP) is 11.4. The van der Waals surface area contributed by atoms with Crippen molar-refractivity contribution in [3.8, 4) is 34.8 Å². The molecule has 3 aromatic carbocycles. The van der Waals surface area contributed by atoms with Crippen molar-refractivity contribution in [1.29, 1.82) is 0 Å². The van der Waals surface area contributed by atoms with E-state index >= 15 is 0 Å². The molecule has 0 unspecified atom stereocenters. The van der Waals surface area contributed by atoms with Crippen molar-refractivity contribution in [1.82, 2.24) is 40.5 Å². The van der Waals surface area contributed by atoms with Gasteiger partial charge in [0.2, 0.25) is 17.7 Å². The molecule has 2 fully saturated rings. The second-order valence-corrected chi connectivity index (χ2v) is 21.0. The van der Waals surface area contributed by atoms with Crippen LogP contribution in [0.25, 0.3) is 34.8 Å². The third-order valence-corrected chi connectivity index (χ3v) is 15.7. The quantitative estimate of drug-likeness (QED) is 0.161. The van der Waals surface area contributed by atoms with E-state index in [0.717, 1.165) is 176 Å². The monoisotopic (exact) mass is 1240 g/mol. The van der Waals surface area contributed by atoms with Gasteiger partial charge >= 0.3 is 0 Å². The summed E-state index contributed by atoms with van der Waals surface area (Å²) in [6.45, 7) is 12.4. The number of hydrogen-bond donors (Lipinski definition) is 2. The molecule has 9 aromatic rings. The van der Waals surface area contributed by atoms with Crippen LogP contribution < -0.4 is 25.3 Å². The molecule has 2 N–H and O–H groups in total. The molecule has 2 saturated heterocycles. The highest BCUT2D eigenvalue weighted by Crippen LogP contribution is 2.35. The number of nitrogens with zero attached hydrogens (tertiary/aromatic N) is 9. The number of anilines is 3. The molecule has 0 radical (unpaired) electrons. The van der Waals surface area contributed by atoms with Crippen LogP contribution in [0.1, 0.15) is 34.4 Å². The standard InChI is InChI=1S/C21H22N4O2.C17H14BrN3O.C11H11N3O.C6H4Br2.C4H9NO/c1-2-7-19(18(6-1)24-11-13-26-14-12-24)25-10-8-20-17(15-25)23-21(27-20)16-5-3-4-9-22-16;18-12-5-1-2-7-15(12)21-10-8-16-14(11-21)20-17(22-16)13-6-3-4-9-19-13;1-2-5-13-8(3-1)11-14-9-7-12-6-4-10(9)15-11;7-5-3-1-2-4-6(5)8;1-3-6-4-2-5-1/h1-7,9H,8,10-15H2;1-7,9H,8,10-11H2;1-3,5,12H,4,6-7H2;1-4H;5H,1-4H2. The van der Waals surface area contributed by atoms with Crippen LogP contribution in [0, 0.1) is 0 Å². The van der Waals surface area contributed by atoms with Gasteiger partial charge in [0.05, 0.1) is 62.3 Å². The first-order chi connectivity index (χ1) is 38.4. The van der Waals surface area contributed by atoms with Gasteiger partial charge in [0.1, 0.15) is 45.8 Å². The summed E-state index contributed by atoms with van der Waals surface area (Å²) in [6.07, 6.45) is 7.89. The molecule has 0 saturated carbocycles. The molecule has 0 atom stereocenters. The molecule has 78 heavy (non-hydrogen) atoms. The van der Waals surface area contributed by atoms with Crippen molar-refractivity contribution in [3.05, 3.63) is 194 Å². The Balaban J connectivity index is 0.000000120. The minimum atomic E-state index is 0.611. The summed E-state index contributed by atoms with van der Waals surface area (Å²) < 4.78 is 31.4. The summed E-state index contributed by atoms with van der Waals surface area (Å²) in [4.78, 5) is 33.8. The van der Waals surface area contributed by atoms with Gasteiger partial charge in [-0.2, -0.15) is 0 Å². The van der Waals surface area contributed by atoms with Crippen LogP contribution in [0.4, 0.5) is 17.1 Å². The van der Waals surface area contributed by atoms with Gasteiger partial charge in [-0.25, -0.2) is 15.0 Å². The van der Waals surface area contributed by atoms with Crippen molar-refractivity contribution in [2.24, 2.45) is 0 Å². The number of benzene rings is 3. The van der Waals surface area contributed by atoms with E-state index in [9.17, 15) is 0 Å². The molecule has 5 aliphatic heterocycles. The molecule has 0 spiro atoms. The van der Waals surface area contributed by atoms with Gasteiger partial charge in [-0.15, -0.1) is 0 Å². The Morgan fingerprint density at radius 1 is 0.385 bits per heavy atom. The Bertz CT molecular complexity index is 3230. The topological polar surface area (TPSA) is 169 Å². The Kier molecular flexibility index (Phi) is 19.5. The molecule has 0 amide bonds. The number of hydrogen-bond acceptors (Lipinski definition) is 16. The van der Waals surface area contributed by atoms with Crippen LogP contribution in [0.2, 0.25) is 0 Å². The summed E-state index contributed by atoms with van der Waals surface area (Å²) in [6, 6.07) is 42.1. The van der Waals surface area contributed by atoms with Crippen molar-refractivity contribution in [2.45, 2.75) is 38.9 Å². The van der Waals surface area contributed by atoms with Gasteiger partial charge in [-0.1, -0.05) is 54.6 Å². The minimum absolute atomic E-state index is 0.611. The molecule has 19 heteroatoms.